The van der Waals surface area contributed by atoms with E-state index >= 15 is 0 Å². The Hall–Kier alpha value is -4.56. The van der Waals surface area contributed by atoms with E-state index in [1.54, 1.807) is 49.6 Å². The zero-order valence-corrected chi connectivity index (χ0v) is 22.8. The monoisotopic (exact) mass is 560 g/mol. The molecule has 0 fully saturated rings. The van der Waals surface area contributed by atoms with Crippen molar-refractivity contribution in [2.24, 2.45) is 0 Å². The van der Waals surface area contributed by atoms with Crippen molar-refractivity contribution >= 4 is 40.8 Å². The number of benzene rings is 3. The second kappa shape index (κ2) is 12.5. The Balaban J connectivity index is 1.60. The number of amides is 1. The topological polar surface area (TPSA) is 85.8 Å². The predicted octanol–water partition coefficient (Wildman–Crippen LogP) is 7.13. The highest BCUT2D eigenvalue weighted by atomic mass is 35.5. The van der Waals surface area contributed by atoms with E-state index in [1.807, 2.05) is 19.1 Å². The van der Waals surface area contributed by atoms with Gasteiger partial charge in [0.1, 0.15) is 5.82 Å². The van der Waals surface area contributed by atoms with Gasteiger partial charge in [-0.15, -0.1) is 0 Å². The molecule has 9 heteroatoms. The largest absolute Gasteiger partial charge is 0.425 e. The number of pyridine rings is 1. The normalized spacial score (nSPS) is 11.4. The Morgan fingerprint density at radius 3 is 2.30 bits per heavy atom. The molecule has 3 aromatic carbocycles. The second-order valence-corrected chi connectivity index (χ2v) is 9.46. The van der Waals surface area contributed by atoms with Crippen molar-refractivity contribution < 1.29 is 28.2 Å². The van der Waals surface area contributed by atoms with Crippen LogP contribution in [0.1, 0.15) is 39.5 Å². The lowest BCUT2D eigenvalue weighted by Gasteiger charge is -2.26. The number of aryl methyl sites for hydroxylation is 2. The number of hydrogen-bond donors (Lipinski definition) is 0. The number of aromatic nitrogens is 1. The minimum atomic E-state index is -1.23. The van der Waals surface area contributed by atoms with Gasteiger partial charge in [-0.1, -0.05) is 35.9 Å². The molecule has 1 atom stereocenters. The summed E-state index contributed by atoms with van der Waals surface area (Å²) in [4.78, 5) is 44.0. The van der Waals surface area contributed by atoms with E-state index < -0.39 is 24.2 Å². The van der Waals surface area contributed by atoms with E-state index in [0.717, 1.165) is 5.56 Å². The van der Waals surface area contributed by atoms with Crippen molar-refractivity contribution in [3.05, 3.63) is 124 Å². The molecule has 0 spiro atoms. The van der Waals surface area contributed by atoms with Crippen molar-refractivity contribution in [1.29, 1.82) is 0 Å². The summed E-state index contributed by atoms with van der Waals surface area (Å²) in [6, 6.07) is 18.9. The van der Waals surface area contributed by atoms with Crippen LogP contribution in [0.5, 0.6) is 0 Å². The lowest BCUT2D eigenvalue weighted by Crippen LogP contribution is -2.32. The van der Waals surface area contributed by atoms with E-state index in [-0.39, 0.29) is 28.5 Å². The average molecular weight is 561 g/mol. The molecule has 4 rings (SSSR count). The lowest BCUT2D eigenvalue weighted by molar-refractivity contribution is -0.163. The van der Waals surface area contributed by atoms with E-state index in [0.29, 0.717) is 22.4 Å². The summed E-state index contributed by atoms with van der Waals surface area (Å²) in [6.07, 6.45) is 0.951. The third kappa shape index (κ3) is 6.71. The Morgan fingerprint density at radius 1 is 0.900 bits per heavy atom. The van der Waals surface area contributed by atoms with Crippen molar-refractivity contribution in [1.82, 2.24) is 4.98 Å². The van der Waals surface area contributed by atoms with Gasteiger partial charge in [0.15, 0.2) is 5.78 Å². The summed E-state index contributed by atoms with van der Waals surface area (Å²) < 4.78 is 24.6. The molecule has 204 valence electrons. The maximum Gasteiger partial charge on any atom is 0.422 e. The Labute approximate surface area is 236 Å². The number of nitrogens with zero attached hydrogens (tertiary/aromatic N) is 2. The number of anilines is 2. The number of carbonyl (C=O) groups excluding carboxylic acids is 3. The van der Waals surface area contributed by atoms with Gasteiger partial charge in [-0.05, 0) is 79.1 Å². The number of rotatable bonds is 8. The summed E-state index contributed by atoms with van der Waals surface area (Å²) in [7, 11) is 0. The fraction of sp³-hybridized carbons (Fsp3) is 0.161. The Bertz CT molecular complexity index is 1560. The quantitative estimate of drug-likeness (QED) is 0.129. The van der Waals surface area contributed by atoms with Gasteiger partial charge in [0.05, 0.1) is 22.8 Å². The van der Waals surface area contributed by atoms with Gasteiger partial charge in [-0.3, -0.25) is 14.6 Å². The molecule has 0 aliphatic carbocycles. The first kappa shape index (κ1) is 28.4. The summed E-state index contributed by atoms with van der Waals surface area (Å²) in [6.45, 7) is 4.87. The molecule has 0 aliphatic heterocycles. The average Bonchev–Trinajstić information content (AvgIpc) is 2.90. The maximum atomic E-state index is 13.9. The molecule has 1 heterocycles. The third-order valence-corrected chi connectivity index (χ3v) is 6.40. The molecule has 0 radical (unpaired) electrons. The van der Waals surface area contributed by atoms with Crippen LogP contribution in [0.15, 0.2) is 85.2 Å². The number of halogens is 2. The first-order chi connectivity index (χ1) is 19.1. The van der Waals surface area contributed by atoms with Crippen LogP contribution in [0, 0.1) is 19.7 Å². The van der Waals surface area contributed by atoms with E-state index in [2.05, 4.69) is 4.98 Å². The van der Waals surface area contributed by atoms with Gasteiger partial charge >= 0.3 is 12.1 Å². The maximum absolute atomic E-state index is 13.9. The third-order valence-electron chi connectivity index (χ3n) is 6.09. The Kier molecular flexibility index (Phi) is 8.91. The molecular formula is C31H26ClFN2O5. The van der Waals surface area contributed by atoms with Crippen molar-refractivity contribution in [2.75, 3.05) is 4.90 Å². The zero-order chi connectivity index (χ0) is 28.8. The van der Waals surface area contributed by atoms with Gasteiger partial charge in [-0.25, -0.2) is 14.1 Å². The molecule has 4 aromatic rings. The van der Waals surface area contributed by atoms with Crippen LogP contribution >= 0.6 is 11.6 Å². The number of ether oxygens (including phenoxy) is 2. The van der Waals surface area contributed by atoms with Gasteiger partial charge in [-0.2, -0.15) is 0 Å². The molecule has 40 heavy (non-hydrogen) atoms. The molecule has 0 bridgehead atoms. The van der Waals surface area contributed by atoms with Crippen LogP contribution in [0.4, 0.5) is 20.6 Å². The fourth-order valence-electron chi connectivity index (χ4n) is 4.13. The van der Waals surface area contributed by atoms with Gasteiger partial charge in [0.25, 0.3) is 0 Å². The Morgan fingerprint density at radius 2 is 1.62 bits per heavy atom. The molecule has 0 saturated carbocycles. The molecule has 1 aromatic heterocycles. The van der Waals surface area contributed by atoms with Crippen molar-refractivity contribution in [3.63, 3.8) is 0 Å². The van der Waals surface area contributed by atoms with Crippen LogP contribution in [-0.4, -0.2) is 29.1 Å². The smallest absolute Gasteiger partial charge is 0.422 e. The van der Waals surface area contributed by atoms with Crippen LogP contribution in [0.3, 0.4) is 0 Å². The number of carbonyl (C=O) groups is 3. The summed E-state index contributed by atoms with van der Waals surface area (Å²) >= 11 is 6.55. The molecule has 1 unspecified atom stereocenters. The molecule has 0 saturated heterocycles. The minimum Gasteiger partial charge on any atom is -0.425 e. The molecular weight excluding hydrogens is 535 g/mol. The second-order valence-electron chi connectivity index (χ2n) is 9.05. The van der Waals surface area contributed by atoms with E-state index in [4.69, 9.17) is 21.1 Å². The highest BCUT2D eigenvalue weighted by Crippen LogP contribution is 2.34. The SMILES string of the molecule is Cc1ccccc1C(=O)c1ccc(N(C(=O)OC(C)OC(=O)Cc2ccncc2)c2ccc(F)cc2C)cc1Cl. The van der Waals surface area contributed by atoms with Crippen molar-refractivity contribution in [2.45, 2.75) is 33.5 Å². The van der Waals surface area contributed by atoms with Crippen LogP contribution < -0.4 is 4.90 Å². The molecule has 0 aliphatic rings. The van der Waals surface area contributed by atoms with Gasteiger partial charge in [0.2, 0.25) is 6.29 Å². The number of ketones is 1. The number of esters is 1. The van der Waals surface area contributed by atoms with Crippen LogP contribution in [-0.2, 0) is 20.7 Å². The first-order valence-electron chi connectivity index (χ1n) is 12.4. The zero-order valence-electron chi connectivity index (χ0n) is 22.1. The first-order valence-corrected chi connectivity index (χ1v) is 12.8. The minimum absolute atomic E-state index is 0.0306. The van der Waals surface area contributed by atoms with Gasteiger partial charge in [0, 0.05) is 30.4 Å². The highest BCUT2D eigenvalue weighted by molar-refractivity contribution is 6.35. The fourth-order valence-corrected chi connectivity index (χ4v) is 4.39. The standard InChI is InChI=1S/C31H26ClFN2O5/c1-19-6-4-5-7-25(19)30(37)26-10-9-24(18-27(26)32)35(28-11-8-23(33)16-20(28)2)31(38)40-21(3)39-29(36)17-22-12-14-34-15-13-22/h4-16,18,21H,17H2,1-3H3. The molecule has 0 N–H and O–H groups in total. The highest BCUT2D eigenvalue weighted by Gasteiger charge is 2.26. The number of hydrogen-bond acceptors (Lipinski definition) is 6. The summed E-state index contributed by atoms with van der Waals surface area (Å²) in [5.74, 6) is -1.35. The molecule has 1 amide bonds. The molecule has 7 nitrogen and oxygen atoms in total. The predicted molar refractivity (Wildman–Crippen MR) is 149 cm³/mol. The van der Waals surface area contributed by atoms with E-state index in [1.165, 1.54) is 42.2 Å². The van der Waals surface area contributed by atoms with Crippen LogP contribution in [0.25, 0.3) is 0 Å². The lowest BCUT2D eigenvalue weighted by atomic mass is 9.99. The summed E-state index contributed by atoms with van der Waals surface area (Å²) in [5, 5.41) is 0.111. The van der Waals surface area contributed by atoms with Gasteiger partial charge < -0.3 is 9.47 Å². The van der Waals surface area contributed by atoms with Crippen molar-refractivity contribution in [3.8, 4) is 0 Å². The van der Waals surface area contributed by atoms with Crippen LogP contribution in [0.2, 0.25) is 5.02 Å². The van der Waals surface area contributed by atoms with E-state index in [9.17, 15) is 18.8 Å². The summed E-state index contributed by atoms with van der Waals surface area (Å²) in [5.41, 5.74) is 3.27.